The molecule has 2 nitrogen and oxygen atoms in total. The number of allylic oxidation sites excluding steroid dienone is 2. The molecule has 3 heteroatoms. The summed E-state index contributed by atoms with van der Waals surface area (Å²) in [7, 11) is -0.259. The van der Waals surface area contributed by atoms with Crippen LogP contribution in [0.2, 0.25) is 0 Å². The third-order valence-electron chi connectivity index (χ3n) is 4.41. The van der Waals surface area contributed by atoms with Crippen LogP contribution < -0.4 is 0 Å². The van der Waals surface area contributed by atoms with Gasteiger partial charge in [0.25, 0.3) is 0 Å². The summed E-state index contributed by atoms with van der Waals surface area (Å²) in [5.41, 5.74) is 3.02. The van der Waals surface area contributed by atoms with Crippen molar-refractivity contribution >= 4 is 12.7 Å². The molecule has 0 saturated carbocycles. The monoisotopic (exact) mass is 258 g/mol. The first kappa shape index (κ1) is 14.4. The lowest BCUT2D eigenvalue weighted by molar-refractivity contribution is 0.00578. The molecule has 1 heterocycles. The summed E-state index contributed by atoms with van der Waals surface area (Å²) in [5, 5.41) is 0. The van der Waals surface area contributed by atoms with Crippen molar-refractivity contribution in [2.75, 3.05) is 0 Å². The van der Waals surface area contributed by atoms with Crippen LogP contribution in [0.15, 0.2) is 35.8 Å². The lowest BCUT2D eigenvalue weighted by atomic mass is 9.75. The van der Waals surface area contributed by atoms with E-state index in [0.717, 1.165) is 5.47 Å². The van der Waals surface area contributed by atoms with Crippen molar-refractivity contribution in [3.05, 3.63) is 41.4 Å². The zero-order valence-electron chi connectivity index (χ0n) is 12.8. The normalized spacial score (nSPS) is 22.3. The second-order valence-electron chi connectivity index (χ2n) is 6.26. The van der Waals surface area contributed by atoms with Gasteiger partial charge in [0, 0.05) is 0 Å². The molecular weight excluding hydrogens is 235 g/mol. The van der Waals surface area contributed by atoms with Crippen LogP contribution in [-0.4, -0.2) is 18.3 Å². The summed E-state index contributed by atoms with van der Waals surface area (Å²) in [6.07, 6.45) is 0. The highest BCUT2D eigenvalue weighted by molar-refractivity contribution is 6.56. The van der Waals surface area contributed by atoms with Crippen LogP contribution in [0.3, 0.4) is 0 Å². The molecule has 0 aliphatic carbocycles. The molecule has 1 saturated heterocycles. The van der Waals surface area contributed by atoms with Crippen LogP contribution >= 0.6 is 0 Å². The van der Waals surface area contributed by atoms with E-state index in [2.05, 4.69) is 65.8 Å². The minimum Gasteiger partial charge on any atom is -0.400 e. The molecule has 1 fully saturated rings. The maximum Gasteiger partial charge on any atom is 0.490 e. The number of rotatable bonds is 2. The van der Waals surface area contributed by atoms with E-state index < -0.39 is 0 Å². The molecule has 1 aromatic carbocycles. The molecule has 19 heavy (non-hydrogen) atoms. The molecule has 0 aromatic heterocycles. The molecule has 1 aliphatic heterocycles. The molecule has 0 bridgehead atoms. The first-order valence-electron chi connectivity index (χ1n) is 6.83. The van der Waals surface area contributed by atoms with E-state index in [0.29, 0.717) is 0 Å². The van der Waals surface area contributed by atoms with E-state index in [4.69, 9.17) is 9.31 Å². The van der Waals surface area contributed by atoms with Crippen molar-refractivity contribution in [3.8, 4) is 0 Å². The Morgan fingerprint density at radius 3 is 1.84 bits per heavy atom. The van der Waals surface area contributed by atoms with Gasteiger partial charge >= 0.3 is 7.12 Å². The zero-order chi connectivity index (χ0) is 14.3. The van der Waals surface area contributed by atoms with E-state index >= 15 is 0 Å². The summed E-state index contributed by atoms with van der Waals surface area (Å²) in [6.45, 7) is 12.5. The first-order valence-corrected chi connectivity index (χ1v) is 6.83. The fraction of sp³-hybridized carbons (Fsp3) is 0.500. The second-order valence-corrected chi connectivity index (χ2v) is 6.26. The maximum absolute atomic E-state index is 6.09. The largest absolute Gasteiger partial charge is 0.490 e. The van der Waals surface area contributed by atoms with Gasteiger partial charge in [-0.3, -0.25) is 0 Å². The molecule has 2 rings (SSSR count). The second kappa shape index (κ2) is 4.80. The minimum absolute atomic E-state index is 0.259. The molecule has 0 amide bonds. The summed E-state index contributed by atoms with van der Waals surface area (Å²) in [4.78, 5) is 0. The van der Waals surface area contributed by atoms with Gasteiger partial charge in [-0.15, -0.1) is 0 Å². The average Bonchev–Trinajstić information content (AvgIpc) is 2.58. The van der Waals surface area contributed by atoms with E-state index in [-0.39, 0.29) is 18.3 Å². The summed E-state index contributed by atoms with van der Waals surface area (Å²) < 4.78 is 12.2. The maximum atomic E-state index is 6.09. The Bertz CT molecular complexity index is 473. The predicted molar refractivity (Wildman–Crippen MR) is 80.8 cm³/mol. The van der Waals surface area contributed by atoms with Crippen LogP contribution in [0, 0.1) is 0 Å². The molecule has 0 unspecified atom stereocenters. The van der Waals surface area contributed by atoms with Gasteiger partial charge < -0.3 is 9.31 Å². The minimum atomic E-state index is -0.282. The van der Waals surface area contributed by atoms with Crippen LogP contribution in [0.4, 0.5) is 0 Å². The van der Waals surface area contributed by atoms with Crippen molar-refractivity contribution in [3.63, 3.8) is 0 Å². The Kier molecular flexibility index (Phi) is 3.63. The summed E-state index contributed by atoms with van der Waals surface area (Å²) in [6, 6.07) is 10.4. The van der Waals surface area contributed by atoms with E-state index in [9.17, 15) is 0 Å². The molecule has 102 valence electrons. The Morgan fingerprint density at radius 2 is 1.37 bits per heavy atom. The first-order chi connectivity index (χ1) is 8.74. The molecule has 1 aliphatic rings. The lowest BCUT2D eigenvalue weighted by Gasteiger charge is -2.32. The number of benzene rings is 1. The Labute approximate surface area is 117 Å². The Morgan fingerprint density at radius 1 is 0.895 bits per heavy atom. The average molecular weight is 258 g/mol. The van der Waals surface area contributed by atoms with Gasteiger partial charge in [-0.1, -0.05) is 30.3 Å². The van der Waals surface area contributed by atoms with Gasteiger partial charge in [-0.25, -0.2) is 0 Å². The highest BCUT2D eigenvalue weighted by Gasteiger charge is 2.51. The smallest absolute Gasteiger partial charge is 0.400 e. The fourth-order valence-corrected chi connectivity index (χ4v) is 2.11. The van der Waals surface area contributed by atoms with Crippen LogP contribution in [0.5, 0.6) is 0 Å². The van der Waals surface area contributed by atoms with Crippen LogP contribution in [0.1, 0.15) is 47.1 Å². The summed E-state index contributed by atoms with van der Waals surface area (Å²) in [5.74, 6) is 0. The summed E-state index contributed by atoms with van der Waals surface area (Å²) >= 11 is 0. The third kappa shape index (κ3) is 2.63. The van der Waals surface area contributed by atoms with Crippen LogP contribution in [-0.2, 0) is 9.31 Å². The molecule has 1 aromatic rings. The van der Waals surface area contributed by atoms with Gasteiger partial charge in [0.2, 0.25) is 0 Å². The predicted octanol–water partition coefficient (Wildman–Crippen LogP) is 4.11. The quantitative estimate of drug-likeness (QED) is 0.743. The molecule has 0 N–H and O–H groups in total. The highest BCUT2D eigenvalue weighted by Crippen LogP contribution is 2.39. The van der Waals surface area contributed by atoms with Crippen molar-refractivity contribution in [2.45, 2.75) is 52.7 Å². The topological polar surface area (TPSA) is 18.5 Å². The number of hydrogen-bond acceptors (Lipinski definition) is 2. The van der Waals surface area contributed by atoms with E-state index in [1.54, 1.807) is 0 Å². The van der Waals surface area contributed by atoms with Gasteiger partial charge in [0.1, 0.15) is 0 Å². The standard InChI is InChI=1S/C16H23BO2/c1-12(14-10-8-7-9-11-14)13(2)17-18-15(3,4)16(5,6)19-17/h7-11H,1-6H3/b13-12-. The van der Waals surface area contributed by atoms with Crippen molar-refractivity contribution in [1.29, 1.82) is 0 Å². The Balaban J connectivity index is 2.29. The Hall–Kier alpha value is -1.06. The fourth-order valence-electron chi connectivity index (χ4n) is 2.11. The van der Waals surface area contributed by atoms with Crippen LogP contribution in [0.25, 0.3) is 5.57 Å². The molecule has 0 radical (unpaired) electrons. The molecule has 0 spiro atoms. The SMILES string of the molecule is C/C(B1OC(C)(C)C(C)(C)O1)=C(\C)c1ccccc1. The zero-order valence-corrected chi connectivity index (χ0v) is 12.8. The third-order valence-corrected chi connectivity index (χ3v) is 4.41. The van der Waals surface area contributed by atoms with Crippen molar-refractivity contribution in [2.24, 2.45) is 0 Å². The van der Waals surface area contributed by atoms with E-state index in [1.807, 2.05) is 6.07 Å². The molecule has 0 atom stereocenters. The molecular formula is C16H23BO2. The number of hydrogen-bond donors (Lipinski definition) is 0. The highest BCUT2D eigenvalue weighted by atomic mass is 16.7. The van der Waals surface area contributed by atoms with E-state index in [1.165, 1.54) is 11.1 Å². The van der Waals surface area contributed by atoms with Crippen molar-refractivity contribution < 1.29 is 9.31 Å². The van der Waals surface area contributed by atoms with Gasteiger partial charge in [-0.2, -0.15) is 0 Å². The van der Waals surface area contributed by atoms with Gasteiger partial charge in [0.05, 0.1) is 11.2 Å². The lowest BCUT2D eigenvalue weighted by Crippen LogP contribution is -2.41. The van der Waals surface area contributed by atoms with Gasteiger partial charge in [-0.05, 0) is 58.2 Å². The van der Waals surface area contributed by atoms with Gasteiger partial charge in [0.15, 0.2) is 0 Å². The van der Waals surface area contributed by atoms with Crippen molar-refractivity contribution in [1.82, 2.24) is 0 Å².